The Hall–Kier alpha value is -3.54. The number of ether oxygens (including phenoxy) is 2. The fraction of sp³-hybridized carbons (Fsp3) is 0.182. The molecule has 6 heteroatoms. The van der Waals surface area contributed by atoms with Gasteiger partial charge in [0.1, 0.15) is 5.82 Å². The van der Waals surface area contributed by atoms with Crippen molar-refractivity contribution in [2.75, 3.05) is 19.5 Å². The highest BCUT2D eigenvalue weighted by Crippen LogP contribution is 2.27. The summed E-state index contributed by atoms with van der Waals surface area (Å²) < 4.78 is 10.6. The summed E-state index contributed by atoms with van der Waals surface area (Å²) in [7, 11) is 3.22. The molecule has 0 unspecified atom stereocenters. The summed E-state index contributed by atoms with van der Waals surface area (Å²) in [5.41, 5.74) is 2.61. The van der Waals surface area contributed by atoms with Gasteiger partial charge in [-0.2, -0.15) is 0 Å². The largest absolute Gasteiger partial charge is 0.493 e. The molecule has 0 aliphatic carbocycles. The minimum atomic E-state index is -0.150. The zero-order chi connectivity index (χ0) is 19.8. The lowest BCUT2D eigenvalue weighted by atomic mass is 10.2. The molecule has 2 aromatic carbocycles. The number of methoxy groups -OCH3 is 2. The van der Waals surface area contributed by atoms with E-state index in [4.69, 9.17) is 9.47 Å². The molecule has 0 bridgehead atoms. The molecule has 0 aliphatic heterocycles. The summed E-state index contributed by atoms with van der Waals surface area (Å²) in [6, 6.07) is 19.1. The molecule has 28 heavy (non-hydrogen) atoms. The van der Waals surface area contributed by atoms with E-state index >= 15 is 0 Å². The highest BCUT2D eigenvalue weighted by Gasteiger charge is 2.07. The first-order valence-electron chi connectivity index (χ1n) is 8.92. The number of hydrogen-bond donors (Lipinski definition) is 2. The second-order valence-electron chi connectivity index (χ2n) is 6.14. The SMILES string of the molecule is COc1ccc(CNc2ccc(C(=O)NCc3ccccc3)cn2)cc1OC. The number of anilines is 1. The van der Waals surface area contributed by atoms with Crippen molar-refractivity contribution in [3.63, 3.8) is 0 Å². The van der Waals surface area contributed by atoms with Gasteiger partial charge in [0.15, 0.2) is 11.5 Å². The van der Waals surface area contributed by atoms with E-state index in [1.165, 1.54) is 0 Å². The normalized spacial score (nSPS) is 10.2. The maximum Gasteiger partial charge on any atom is 0.253 e. The molecule has 0 fully saturated rings. The fourth-order valence-electron chi connectivity index (χ4n) is 2.70. The number of hydrogen-bond acceptors (Lipinski definition) is 5. The van der Waals surface area contributed by atoms with Crippen LogP contribution in [0, 0.1) is 0 Å². The maximum atomic E-state index is 12.2. The second kappa shape index (κ2) is 9.41. The molecule has 1 aromatic heterocycles. The van der Waals surface area contributed by atoms with Gasteiger partial charge >= 0.3 is 0 Å². The highest BCUT2D eigenvalue weighted by molar-refractivity contribution is 5.94. The summed E-state index contributed by atoms with van der Waals surface area (Å²) >= 11 is 0. The van der Waals surface area contributed by atoms with Crippen LogP contribution >= 0.6 is 0 Å². The number of benzene rings is 2. The van der Waals surface area contributed by atoms with Crippen molar-refractivity contribution in [1.29, 1.82) is 0 Å². The predicted octanol–water partition coefficient (Wildman–Crippen LogP) is 3.64. The summed E-state index contributed by atoms with van der Waals surface area (Å²) in [5.74, 6) is 1.91. The molecule has 2 N–H and O–H groups in total. The van der Waals surface area contributed by atoms with E-state index in [1.807, 2.05) is 48.5 Å². The number of nitrogens with one attached hydrogen (secondary N) is 2. The van der Waals surface area contributed by atoms with Crippen molar-refractivity contribution in [3.8, 4) is 11.5 Å². The Morgan fingerprint density at radius 2 is 1.68 bits per heavy atom. The van der Waals surface area contributed by atoms with Gasteiger partial charge in [0.05, 0.1) is 19.8 Å². The van der Waals surface area contributed by atoms with E-state index in [0.29, 0.717) is 36.0 Å². The van der Waals surface area contributed by atoms with Crippen molar-refractivity contribution < 1.29 is 14.3 Å². The molecule has 6 nitrogen and oxygen atoms in total. The summed E-state index contributed by atoms with van der Waals surface area (Å²) in [5, 5.41) is 6.13. The molecule has 0 saturated carbocycles. The number of nitrogens with zero attached hydrogens (tertiary/aromatic N) is 1. The molecular weight excluding hydrogens is 354 g/mol. The number of pyridine rings is 1. The van der Waals surface area contributed by atoms with E-state index in [1.54, 1.807) is 32.5 Å². The van der Waals surface area contributed by atoms with Gasteiger partial charge in [0, 0.05) is 19.3 Å². The van der Waals surface area contributed by atoms with Gasteiger partial charge in [-0.3, -0.25) is 4.79 Å². The highest BCUT2D eigenvalue weighted by atomic mass is 16.5. The van der Waals surface area contributed by atoms with Crippen LogP contribution in [0.2, 0.25) is 0 Å². The Balaban J connectivity index is 1.55. The molecule has 0 spiro atoms. The standard InChI is InChI=1S/C22H23N3O3/c1-27-19-10-8-17(12-20(19)28-2)14-23-21-11-9-18(15-24-21)22(26)25-13-16-6-4-3-5-7-16/h3-12,15H,13-14H2,1-2H3,(H,23,24)(H,25,26). The van der Waals surface area contributed by atoms with Crippen molar-refractivity contribution in [3.05, 3.63) is 83.6 Å². The van der Waals surface area contributed by atoms with Gasteiger partial charge in [-0.05, 0) is 35.4 Å². The number of carbonyl (C=O) groups excluding carboxylic acids is 1. The molecule has 3 aromatic rings. The van der Waals surface area contributed by atoms with Crippen LogP contribution in [0.25, 0.3) is 0 Å². The molecule has 1 heterocycles. The van der Waals surface area contributed by atoms with Gasteiger partial charge in [0.2, 0.25) is 0 Å². The second-order valence-corrected chi connectivity index (χ2v) is 6.14. The first kappa shape index (κ1) is 19.2. The predicted molar refractivity (Wildman–Crippen MR) is 109 cm³/mol. The van der Waals surface area contributed by atoms with Crippen molar-refractivity contribution in [2.24, 2.45) is 0 Å². The van der Waals surface area contributed by atoms with Gasteiger partial charge in [-0.1, -0.05) is 36.4 Å². The lowest BCUT2D eigenvalue weighted by Gasteiger charge is -2.11. The monoisotopic (exact) mass is 377 g/mol. The lowest BCUT2D eigenvalue weighted by Crippen LogP contribution is -2.22. The quantitative estimate of drug-likeness (QED) is 0.627. The molecule has 3 rings (SSSR count). The van der Waals surface area contributed by atoms with Crippen LogP contribution in [0.4, 0.5) is 5.82 Å². The average molecular weight is 377 g/mol. The number of rotatable bonds is 8. The summed E-state index contributed by atoms with van der Waals surface area (Å²) in [4.78, 5) is 16.6. The average Bonchev–Trinajstić information content (AvgIpc) is 2.76. The van der Waals surface area contributed by atoms with Crippen LogP contribution in [0.1, 0.15) is 21.5 Å². The zero-order valence-electron chi connectivity index (χ0n) is 15.9. The van der Waals surface area contributed by atoms with E-state index in [0.717, 1.165) is 11.1 Å². The van der Waals surface area contributed by atoms with E-state index in [9.17, 15) is 4.79 Å². The number of amides is 1. The number of aromatic nitrogens is 1. The fourth-order valence-corrected chi connectivity index (χ4v) is 2.70. The Kier molecular flexibility index (Phi) is 6.46. The Labute approximate surface area is 164 Å². The van der Waals surface area contributed by atoms with Crippen LogP contribution in [-0.2, 0) is 13.1 Å². The Bertz CT molecular complexity index is 912. The van der Waals surface area contributed by atoms with Gasteiger partial charge in [-0.15, -0.1) is 0 Å². The minimum absolute atomic E-state index is 0.150. The zero-order valence-corrected chi connectivity index (χ0v) is 15.9. The first-order chi connectivity index (χ1) is 13.7. The molecule has 0 saturated heterocycles. The van der Waals surface area contributed by atoms with E-state index in [2.05, 4.69) is 15.6 Å². The van der Waals surface area contributed by atoms with Crippen LogP contribution < -0.4 is 20.1 Å². The third-order valence-corrected chi connectivity index (χ3v) is 4.24. The lowest BCUT2D eigenvalue weighted by molar-refractivity contribution is 0.0950. The van der Waals surface area contributed by atoms with Crippen molar-refractivity contribution >= 4 is 11.7 Å². The van der Waals surface area contributed by atoms with Crippen molar-refractivity contribution in [1.82, 2.24) is 10.3 Å². The van der Waals surface area contributed by atoms with Gasteiger partial charge in [-0.25, -0.2) is 4.98 Å². The summed E-state index contributed by atoms with van der Waals surface area (Å²) in [6.07, 6.45) is 1.57. The third-order valence-electron chi connectivity index (χ3n) is 4.24. The molecule has 144 valence electrons. The van der Waals surface area contributed by atoms with Crippen molar-refractivity contribution in [2.45, 2.75) is 13.1 Å². The van der Waals surface area contributed by atoms with Crippen LogP contribution in [0.5, 0.6) is 11.5 Å². The van der Waals surface area contributed by atoms with E-state index < -0.39 is 0 Å². The Morgan fingerprint density at radius 3 is 2.36 bits per heavy atom. The Morgan fingerprint density at radius 1 is 0.893 bits per heavy atom. The minimum Gasteiger partial charge on any atom is -0.493 e. The third kappa shape index (κ3) is 5.01. The van der Waals surface area contributed by atoms with Crippen LogP contribution in [0.3, 0.4) is 0 Å². The topological polar surface area (TPSA) is 72.5 Å². The molecular formula is C22H23N3O3. The molecule has 0 aliphatic rings. The van der Waals surface area contributed by atoms with Crippen LogP contribution in [-0.4, -0.2) is 25.1 Å². The molecule has 0 radical (unpaired) electrons. The number of carbonyl (C=O) groups is 1. The van der Waals surface area contributed by atoms with Crippen LogP contribution in [0.15, 0.2) is 66.9 Å². The summed E-state index contributed by atoms with van der Waals surface area (Å²) in [6.45, 7) is 1.06. The van der Waals surface area contributed by atoms with Gasteiger partial charge in [0.25, 0.3) is 5.91 Å². The maximum absolute atomic E-state index is 12.2. The smallest absolute Gasteiger partial charge is 0.253 e. The first-order valence-corrected chi connectivity index (χ1v) is 8.92. The molecule has 0 atom stereocenters. The molecule has 1 amide bonds. The van der Waals surface area contributed by atoms with E-state index in [-0.39, 0.29) is 5.91 Å². The van der Waals surface area contributed by atoms with Gasteiger partial charge < -0.3 is 20.1 Å².